The second kappa shape index (κ2) is 10.9. The molecule has 0 saturated carbocycles. The van der Waals surface area contributed by atoms with E-state index in [-0.39, 0.29) is 18.2 Å². The third-order valence-corrected chi connectivity index (χ3v) is 6.97. The Balaban J connectivity index is 1.75. The summed E-state index contributed by atoms with van der Waals surface area (Å²) in [6, 6.07) is 20.3. The van der Waals surface area contributed by atoms with Crippen LogP contribution in [0.3, 0.4) is 0 Å². The number of amides is 2. The fraction of sp³-hybridized carbons (Fsp3) is 0.185. The van der Waals surface area contributed by atoms with Crippen LogP contribution in [0.2, 0.25) is 0 Å². The minimum Gasteiger partial charge on any atom is -0.462 e. The molecule has 0 bridgehead atoms. The van der Waals surface area contributed by atoms with Gasteiger partial charge >= 0.3 is 5.97 Å². The number of hydrogen-bond acceptors (Lipinski definition) is 7. The van der Waals surface area contributed by atoms with Gasteiger partial charge in [-0.25, -0.2) is 13.2 Å². The van der Waals surface area contributed by atoms with Gasteiger partial charge in [0, 0.05) is 5.69 Å². The van der Waals surface area contributed by atoms with Crippen molar-refractivity contribution in [3.63, 3.8) is 0 Å². The first-order valence-electron chi connectivity index (χ1n) is 11.7. The first-order chi connectivity index (χ1) is 18.1. The Morgan fingerprint density at radius 2 is 1.71 bits per heavy atom. The van der Waals surface area contributed by atoms with Crippen LogP contribution in [0.15, 0.2) is 77.8 Å². The fourth-order valence-corrected chi connectivity index (χ4v) is 5.02. The Bertz CT molecular complexity index is 1520. The maximum absolute atomic E-state index is 13.2. The molecule has 1 atom stereocenters. The molecule has 0 aromatic heterocycles. The predicted molar refractivity (Wildman–Crippen MR) is 144 cm³/mol. The molecule has 196 valence electrons. The van der Waals surface area contributed by atoms with Crippen molar-refractivity contribution < 1.29 is 27.5 Å². The number of carbonyl (C=O) groups is 3. The number of nitrogens with zero attached hydrogens (tertiary/aromatic N) is 2. The van der Waals surface area contributed by atoms with Crippen LogP contribution < -0.4 is 15.4 Å². The van der Waals surface area contributed by atoms with E-state index < -0.39 is 34.4 Å². The molecule has 0 radical (unpaired) electrons. The molecular formula is C27H26N4O6S. The summed E-state index contributed by atoms with van der Waals surface area (Å²) in [6.45, 7) is 1.46. The monoisotopic (exact) mass is 534 g/mol. The van der Waals surface area contributed by atoms with Gasteiger partial charge in [-0.2, -0.15) is 0 Å². The maximum atomic E-state index is 13.2. The molecule has 1 aliphatic rings. The van der Waals surface area contributed by atoms with Crippen LogP contribution in [-0.4, -0.2) is 51.3 Å². The molecule has 3 aromatic carbocycles. The van der Waals surface area contributed by atoms with Crippen LogP contribution in [0.5, 0.6) is 0 Å². The van der Waals surface area contributed by atoms with Crippen LogP contribution in [0.25, 0.3) is 0 Å². The number of sulfonamides is 1. The minimum absolute atomic E-state index is 0.235. The zero-order chi connectivity index (χ0) is 27.4. The fourth-order valence-electron chi connectivity index (χ4n) is 4.15. The molecule has 0 spiro atoms. The number of hydrogen-bond donors (Lipinski definition) is 2. The Hall–Kier alpha value is -4.51. The Labute approximate surface area is 220 Å². The molecule has 1 heterocycles. The lowest BCUT2D eigenvalue weighted by atomic mass is 9.90. The molecular weight excluding hydrogens is 508 g/mol. The van der Waals surface area contributed by atoms with E-state index in [1.165, 1.54) is 12.1 Å². The summed E-state index contributed by atoms with van der Waals surface area (Å²) in [5.41, 5.74) is 8.60. The van der Waals surface area contributed by atoms with Gasteiger partial charge in [-0.05, 0) is 54.4 Å². The van der Waals surface area contributed by atoms with Gasteiger partial charge in [0.2, 0.25) is 21.8 Å². The Kier molecular flexibility index (Phi) is 7.58. The first-order valence-corrected chi connectivity index (χ1v) is 13.6. The zero-order valence-corrected chi connectivity index (χ0v) is 21.6. The van der Waals surface area contributed by atoms with E-state index in [4.69, 9.17) is 15.5 Å². The third kappa shape index (κ3) is 5.73. The maximum Gasteiger partial charge on any atom is 0.338 e. The van der Waals surface area contributed by atoms with Crippen LogP contribution in [0, 0.1) is 0 Å². The number of anilines is 2. The number of esters is 1. The molecule has 0 saturated heterocycles. The highest BCUT2D eigenvalue weighted by molar-refractivity contribution is 7.92. The summed E-state index contributed by atoms with van der Waals surface area (Å²) in [5.74, 6) is -2.33. The summed E-state index contributed by atoms with van der Waals surface area (Å²) in [4.78, 5) is 41.5. The summed E-state index contributed by atoms with van der Waals surface area (Å²) in [7, 11) is -3.75. The van der Waals surface area contributed by atoms with Crippen molar-refractivity contribution in [1.82, 2.24) is 0 Å². The predicted octanol–water partition coefficient (Wildman–Crippen LogP) is 2.97. The average molecular weight is 535 g/mol. The van der Waals surface area contributed by atoms with E-state index in [0.29, 0.717) is 33.8 Å². The van der Waals surface area contributed by atoms with Crippen LogP contribution in [0.4, 0.5) is 17.1 Å². The number of fused-ring (bicyclic) bond motifs is 1. The highest BCUT2D eigenvalue weighted by Gasteiger charge is 2.36. The quantitative estimate of drug-likeness (QED) is 0.319. The summed E-state index contributed by atoms with van der Waals surface area (Å²) < 4.78 is 30.3. The summed E-state index contributed by atoms with van der Waals surface area (Å²) >= 11 is 0. The summed E-state index contributed by atoms with van der Waals surface area (Å²) in [6.07, 6.45) is 0.985. The van der Waals surface area contributed by atoms with Gasteiger partial charge in [-0.1, -0.05) is 36.4 Å². The van der Waals surface area contributed by atoms with Gasteiger partial charge in [-0.3, -0.25) is 18.9 Å². The molecule has 11 heteroatoms. The van der Waals surface area contributed by atoms with E-state index in [1.54, 1.807) is 37.3 Å². The largest absolute Gasteiger partial charge is 0.462 e. The van der Waals surface area contributed by atoms with Gasteiger partial charge in [0.15, 0.2) is 0 Å². The van der Waals surface area contributed by atoms with Crippen molar-refractivity contribution in [2.45, 2.75) is 12.8 Å². The summed E-state index contributed by atoms with van der Waals surface area (Å²) in [5, 5.41) is 2.84. The topological polar surface area (TPSA) is 148 Å². The third-order valence-electron chi connectivity index (χ3n) is 5.83. The van der Waals surface area contributed by atoms with Gasteiger partial charge in [0.1, 0.15) is 12.5 Å². The molecule has 0 fully saturated rings. The van der Waals surface area contributed by atoms with Crippen molar-refractivity contribution >= 4 is 50.6 Å². The molecule has 10 nitrogen and oxygen atoms in total. The van der Waals surface area contributed by atoms with E-state index in [1.807, 2.05) is 30.3 Å². The number of nitrogens with one attached hydrogen (secondary N) is 1. The first kappa shape index (κ1) is 26.6. The number of nitrogens with two attached hydrogens (primary N) is 1. The van der Waals surface area contributed by atoms with Crippen molar-refractivity contribution in [2.24, 2.45) is 10.7 Å². The highest BCUT2D eigenvalue weighted by Crippen LogP contribution is 2.37. The van der Waals surface area contributed by atoms with E-state index in [0.717, 1.165) is 10.6 Å². The molecule has 3 N–H and O–H groups in total. The molecule has 3 aromatic rings. The molecule has 0 aliphatic carbocycles. The van der Waals surface area contributed by atoms with E-state index in [9.17, 15) is 22.8 Å². The lowest BCUT2D eigenvalue weighted by Crippen LogP contribution is -2.37. The van der Waals surface area contributed by atoms with Crippen LogP contribution in [-0.2, 0) is 24.3 Å². The Morgan fingerprint density at radius 3 is 2.32 bits per heavy atom. The van der Waals surface area contributed by atoms with Gasteiger partial charge in [0.05, 0.1) is 35.5 Å². The molecule has 1 unspecified atom stereocenters. The van der Waals surface area contributed by atoms with Crippen LogP contribution >= 0.6 is 0 Å². The Morgan fingerprint density at radius 1 is 1.03 bits per heavy atom. The number of rotatable bonds is 9. The highest BCUT2D eigenvalue weighted by atomic mass is 32.2. The SMILES string of the molecule is CCOC(=O)c1ccc2c(c1)NC(=O)C2C(=Nc1ccc(N(CC(N)=O)S(C)(=O)=O)cc1)c1ccccc1. The smallest absolute Gasteiger partial charge is 0.338 e. The molecule has 38 heavy (non-hydrogen) atoms. The second-order valence-electron chi connectivity index (χ2n) is 8.56. The number of aliphatic imine (C=N–C) groups is 1. The van der Waals surface area contributed by atoms with Gasteiger partial charge in [0.25, 0.3) is 0 Å². The minimum atomic E-state index is -3.75. The molecule has 1 aliphatic heterocycles. The van der Waals surface area contributed by atoms with Crippen molar-refractivity contribution in [2.75, 3.05) is 29.0 Å². The van der Waals surface area contributed by atoms with Crippen molar-refractivity contribution in [1.29, 1.82) is 0 Å². The van der Waals surface area contributed by atoms with Gasteiger partial charge < -0.3 is 15.8 Å². The van der Waals surface area contributed by atoms with E-state index >= 15 is 0 Å². The normalized spacial score (nSPS) is 14.9. The number of benzene rings is 3. The lowest BCUT2D eigenvalue weighted by molar-refractivity contribution is -0.117. The number of ether oxygens (including phenoxy) is 1. The average Bonchev–Trinajstić information content (AvgIpc) is 3.21. The molecule has 2 amide bonds. The number of carbonyl (C=O) groups excluding carboxylic acids is 3. The number of primary amides is 1. The zero-order valence-electron chi connectivity index (χ0n) is 20.7. The lowest BCUT2D eigenvalue weighted by Gasteiger charge is -2.20. The van der Waals surface area contributed by atoms with E-state index in [2.05, 4.69) is 5.32 Å². The van der Waals surface area contributed by atoms with Crippen LogP contribution in [0.1, 0.15) is 34.3 Å². The van der Waals surface area contributed by atoms with Crippen molar-refractivity contribution in [3.05, 3.63) is 89.5 Å². The molecule has 4 rings (SSSR count). The second-order valence-corrected chi connectivity index (χ2v) is 10.5. The van der Waals surface area contributed by atoms with Gasteiger partial charge in [-0.15, -0.1) is 0 Å². The van der Waals surface area contributed by atoms with Crippen molar-refractivity contribution in [3.8, 4) is 0 Å². The standard InChI is InChI=1S/C27H26N4O6S/c1-3-37-27(34)18-9-14-21-22(15-18)30-26(33)24(21)25(17-7-5-4-6-8-17)29-19-10-12-20(13-11-19)31(16-23(28)32)38(2,35)36/h4-15,24H,3,16H2,1-2H3,(H2,28,32)(H,30,33).